The van der Waals surface area contributed by atoms with E-state index in [0.717, 1.165) is 0 Å². The van der Waals surface area contributed by atoms with E-state index < -0.39 is 6.03 Å². The molecule has 3 amide bonds. The predicted octanol–water partition coefficient (Wildman–Crippen LogP) is 4.88. The molecule has 0 saturated carbocycles. The maximum absolute atomic E-state index is 12.4. The van der Waals surface area contributed by atoms with Crippen LogP contribution in [-0.2, 0) is 0 Å². The summed E-state index contributed by atoms with van der Waals surface area (Å²) in [6.07, 6.45) is 3.62. The van der Waals surface area contributed by atoms with Gasteiger partial charge in [-0.3, -0.25) is 19.6 Å². The third-order valence-electron chi connectivity index (χ3n) is 4.76. The number of anilines is 2. The number of carbonyl (C=O) groups excluding carboxylic acids is 3. The fourth-order valence-electron chi connectivity index (χ4n) is 3.06. The highest BCUT2D eigenvalue weighted by molar-refractivity contribution is 5.99. The molecule has 0 aliphatic rings. The molecule has 0 radical (unpaired) electrons. The van der Waals surface area contributed by atoms with E-state index in [-0.39, 0.29) is 17.3 Å². The molecule has 0 saturated heterocycles. The van der Waals surface area contributed by atoms with Crippen LogP contribution in [0.15, 0.2) is 85.2 Å². The molecule has 36 heavy (non-hydrogen) atoms. The number of pyridine rings is 2. The van der Waals surface area contributed by atoms with Crippen molar-refractivity contribution in [3.8, 4) is 23.0 Å². The first-order chi connectivity index (χ1) is 17.5. The highest BCUT2D eigenvalue weighted by Crippen LogP contribution is 2.25. The number of nitrogens with one attached hydrogen (secondary N) is 3. The minimum Gasteiger partial charge on any atom is -0.457 e. The van der Waals surface area contributed by atoms with Gasteiger partial charge in [-0.05, 0) is 60.7 Å². The molecule has 3 N–H and O–H groups in total. The van der Waals surface area contributed by atoms with Gasteiger partial charge in [0.05, 0.1) is 0 Å². The first-order valence-electron chi connectivity index (χ1n) is 10.8. The van der Waals surface area contributed by atoms with E-state index in [9.17, 15) is 14.4 Å². The van der Waals surface area contributed by atoms with Crippen LogP contribution in [0.1, 0.15) is 21.0 Å². The Morgan fingerprint density at radius 1 is 0.722 bits per heavy atom. The summed E-state index contributed by atoms with van der Waals surface area (Å²) in [5.41, 5.74) is 1.64. The number of aldehydes is 1. The summed E-state index contributed by atoms with van der Waals surface area (Å²) < 4.78 is 11.4. The molecule has 0 spiro atoms. The van der Waals surface area contributed by atoms with Gasteiger partial charge in [-0.25, -0.2) is 4.79 Å². The number of ether oxygens (including phenoxy) is 2. The fraction of sp³-hybridized carbons (Fsp3) is 0.0385. The Morgan fingerprint density at radius 3 is 1.78 bits per heavy atom. The standard InChI is InChI=1S/C26H21N5O5/c1-27-25(33)24-15-23(11-13-29-24)36-21-8-4-18(5-9-21)31-26(34)30-17-2-6-20(7-3-17)35-22-10-12-28-19(14-22)16-32/h2-16H,1H3,(H,27,33)(H2,30,31,34). The van der Waals surface area contributed by atoms with E-state index in [1.165, 1.54) is 31.6 Å². The molecule has 2 heterocycles. The van der Waals surface area contributed by atoms with Crippen LogP contribution in [0.2, 0.25) is 0 Å². The SMILES string of the molecule is CNC(=O)c1cc(Oc2ccc(NC(=O)Nc3ccc(Oc4ccnc(C=O)c4)cc3)cc2)ccn1. The summed E-state index contributed by atoms with van der Waals surface area (Å²) >= 11 is 0. The molecule has 0 aliphatic heterocycles. The average Bonchev–Trinajstić information content (AvgIpc) is 2.90. The number of hydrogen-bond donors (Lipinski definition) is 3. The second kappa shape index (κ2) is 11.3. The molecule has 180 valence electrons. The first kappa shape index (κ1) is 23.9. The van der Waals surface area contributed by atoms with Crippen molar-refractivity contribution in [2.45, 2.75) is 0 Å². The van der Waals surface area contributed by atoms with Gasteiger partial charge in [-0.2, -0.15) is 0 Å². The predicted molar refractivity (Wildman–Crippen MR) is 133 cm³/mol. The zero-order chi connectivity index (χ0) is 25.3. The lowest BCUT2D eigenvalue weighted by Crippen LogP contribution is -2.19. The van der Waals surface area contributed by atoms with Crippen LogP contribution in [-0.4, -0.2) is 35.2 Å². The number of carbonyl (C=O) groups is 3. The van der Waals surface area contributed by atoms with Crippen molar-refractivity contribution in [1.82, 2.24) is 15.3 Å². The van der Waals surface area contributed by atoms with Gasteiger partial charge in [0, 0.05) is 42.9 Å². The number of hydrogen-bond acceptors (Lipinski definition) is 7. The summed E-state index contributed by atoms with van der Waals surface area (Å²) in [6.45, 7) is 0. The molecular formula is C26H21N5O5. The van der Waals surface area contributed by atoms with Crippen molar-refractivity contribution < 1.29 is 23.9 Å². The quantitative estimate of drug-likeness (QED) is 0.304. The lowest BCUT2D eigenvalue weighted by atomic mass is 10.3. The van der Waals surface area contributed by atoms with Gasteiger partial charge in [-0.15, -0.1) is 0 Å². The summed E-state index contributed by atoms with van der Waals surface area (Å²) in [7, 11) is 1.53. The number of aromatic nitrogens is 2. The molecule has 0 bridgehead atoms. The molecule has 4 rings (SSSR count). The average molecular weight is 483 g/mol. The van der Waals surface area contributed by atoms with E-state index in [1.54, 1.807) is 60.7 Å². The third-order valence-corrected chi connectivity index (χ3v) is 4.76. The summed E-state index contributed by atoms with van der Waals surface area (Å²) in [6, 6.07) is 19.4. The van der Waals surface area contributed by atoms with Crippen molar-refractivity contribution in [2.24, 2.45) is 0 Å². The third kappa shape index (κ3) is 6.41. The molecule has 10 heteroatoms. The highest BCUT2D eigenvalue weighted by Gasteiger charge is 2.08. The monoisotopic (exact) mass is 483 g/mol. The van der Waals surface area contributed by atoms with E-state index in [4.69, 9.17) is 9.47 Å². The van der Waals surface area contributed by atoms with Crippen molar-refractivity contribution in [2.75, 3.05) is 17.7 Å². The van der Waals surface area contributed by atoms with Gasteiger partial charge >= 0.3 is 6.03 Å². The van der Waals surface area contributed by atoms with Crippen LogP contribution in [0.5, 0.6) is 23.0 Å². The van der Waals surface area contributed by atoms with Crippen LogP contribution in [0, 0.1) is 0 Å². The Morgan fingerprint density at radius 2 is 1.25 bits per heavy atom. The lowest BCUT2D eigenvalue weighted by Gasteiger charge is -2.10. The first-order valence-corrected chi connectivity index (χ1v) is 10.8. The molecule has 0 atom stereocenters. The highest BCUT2D eigenvalue weighted by atomic mass is 16.5. The number of benzene rings is 2. The molecule has 2 aromatic heterocycles. The van der Waals surface area contributed by atoms with Gasteiger partial charge < -0.3 is 25.4 Å². The molecule has 0 unspecified atom stereocenters. The lowest BCUT2D eigenvalue weighted by molar-refractivity contribution is 0.0957. The van der Waals surface area contributed by atoms with Gasteiger partial charge in [0.2, 0.25) is 0 Å². The van der Waals surface area contributed by atoms with E-state index >= 15 is 0 Å². The van der Waals surface area contributed by atoms with Gasteiger partial charge in [0.25, 0.3) is 5.91 Å². The fourth-order valence-corrected chi connectivity index (χ4v) is 3.06. The zero-order valence-corrected chi connectivity index (χ0v) is 19.1. The summed E-state index contributed by atoms with van der Waals surface area (Å²) in [5.74, 6) is 1.70. The second-order valence-electron chi connectivity index (χ2n) is 7.32. The Balaban J connectivity index is 1.30. The van der Waals surface area contributed by atoms with E-state index in [1.807, 2.05) is 0 Å². The maximum Gasteiger partial charge on any atom is 0.323 e. The van der Waals surface area contributed by atoms with E-state index in [0.29, 0.717) is 40.7 Å². The Hall–Kier alpha value is -5.25. The Labute approximate surface area is 206 Å². The normalized spacial score (nSPS) is 10.1. The Bertz CT molecular complexity index is 1370. The summed E-state index contributed by atoms with van der Waals surface area (Å²) in [5, 5.41) is 7.99. The number of urea groups is 1. The number of amides is 3. The minimum absolute atomic E-state index is 0.244. The maximum atomic E-state index is 12.4. The molecule has 10 nitrogen and oxygen atoms in total. The van der Waals surface area contributed by atoms with Crippen molar-refractivity contribution in [3.05, 3.63) is 96.6 Å². The van der Waals surface area contributed by atoms with Crippen molar-refractivity contribution >= 4 is 29.6 Å². The smallest absolute Gasteiger partial charge is 0.323 e. The number of nitrogens with zero attached hydrogens (tertiary/aromatic N) is 2. The van der Waals surface area contributed by atoms with Crippen molar-refractivity contribution in [3.63, 3.8) is 0 Å². The molecule has 2 aromatic carbocycles. The van der Waals surface area contributed by atoms with Gasteiger partial charge in [0.1, 0.15) is 34.4 Å². The Kier molecular flexibility index (Phi) is 7.47. The van der Waals surface area contributed by atoms with Crippen LogP contribution in [0.4, 0.5) is 16.2 Å². The van der Waals surface area contributed by atoms with Gasteiger partial charge in [0.15, 0.2) is 6.29 Å². The van der Waals surface area contributed by atoms with Crippen LogP contribution < -0.4 is 25.4 Å². The van der Waals surface area contributed by atoms with Crippen LogP contribution in [0.3, 0.4) is 0 Å². The molecule has 0 fully saturated rings. The second-order valence-corrected chi connectivity index (χ2v) is 7.32. The van der Waals surface area contributed by atoms with Crippen molar-refractivity contribution in [1.29, 1.82) is 0 Å². The summed E-state index contributed by atoms with van der Waals surface area (Å²) in [4.78, 5) is 42.8. The van der Waals surface area contributed by atoms with Gasteiger partial charge in [-0.1, -0.05) is 0 Å². The topological polar surface area (TPSA) is 132 Å². The largest absolute Gasteiger partial charge is 0.457 e. The van der Waals surface area contributed by atoms with Crippen LogP contribution >= 0.6 is 0 Å². The molecule has 0 aliphatic carbocycles. The number of rotatable bonds is 8. The zero-order valence-electron chi connectivity index (χ0n) is 19.1. The molecular weight excluding hydrogens is 462 g/mol. The van der Waals surface area contributed by atoms with E-state index in [2.05, 4.69) is 25.9 Å². The minimum atomic E-state index is -0.425. The molecule has 4 aromatic rings. The van der Waals surface area contributed by atoms with Crippen LogP contribution in [0.25, 0.3) is 0 Å².